The van der Waals surface area contributed by atoms with E-state index in [0.717, 1.165) is 24.4 Å². The minimum atomic E-state index is -0.758. The zero-order valence-electron chi connectivity index (χ0n) is 10.7. The van der Waals surface area contributed by atoms with Gasteiger partial charge in [0.15, 0.2) is 0 Å². The van der Waals surface area contributed by atoms with Crippen molar-refractivity contribution in [3.05, 3.63) is 24.0 Å². The predicted molar refractivity (Wildman–Crippen MR) is 65.3 cm³/mol. The molecule has 0 fully saturated rings. The summed E-state index contributed by atoms with van der Waals surface area (Å²) in [6.45, 7) is 0.526. The van der Waals surface area contributed by atoms with Crippen molar-refractivity contribution >= 4 is 5.97 Å². The number of carbonyl (C=O) groups is 1. The van der Waals surface area contributed by atoms with E-state index in [0.29, 0.717) is 13.0 Å². The maximum Gasteiger partial charge on any atom is 0.303 e. The van der Waals surface area contributed by atoms with Crippen LogP contribution in [0.25, 0.3) is 0 Å². The molecule has 8 nitrogen and oxygen atoms in total. The molecule has 0 atom stereocenters. The fourth-order valence-corrected chi connectivity index (χ4v) is 1.72. The highest BCUT2D eigenvalue weighted by Crippen LogP contribution is 2.04. The highest BCUT2D eigenvalue weighted by Gasteiger charge is 2.05. The number of aromatic nitrogens is 6. The third-order valence-electron chi connectivity index (χ3n) is 2.77. The fourth-order valence-electron chi connectivity index (χ4n) is 1.72. The lowest BCUT2D eigenvalue weighted by Crippen LogP contribution is -2.07. The number of carboxylic acids is 1. The largest absolute Gasteiger partial charge is 0.481 e. The first-order chi connectivity index (χ1) is 9.15. The van der Waals surface area contributed by atoms with Crippen LogP contribution in [-0.2, 0) is 24.8 Å². The standard InChI is InChI=1S/C11H16N6O2/c1-16-10(12-8-13-16)7-17-6-9(14-15-17)4-2-3-5-11(18)19/h6,8H,2-5,7H2,1H3,(H,18,19). The van der Waals surface area contributed by atoms with Crippen LogP contribution in [0.3, 0.4) is 0 Å². The summed E-state index contributed by atoms with van der Waals surface area (Å²) in [7, 11) is 1.83. The van der Waals surface area contributed by atoms with Gasteiger partial charge in [0.05, 0.1) is 5.69 Å². The van der Waals surface area contributed by atoms with Crippen LogP contribution in [-0.4, -0.2) is 40.8 Å². The molecule has 0 amide bonds. The van der Waals surface area contributed by atoms with E-state index in [9.17, 15) is 4.79 Å². The van der Waals surface area contributed by atoms with Gasteiger partial charge in [-0.15, -0.1) is 5.10 Å². The normalized spacial score (nSPS) is 10.8. The molecule has 0 aromatic carbocycles. The third-order valence-corrected chi connectivity index (χ3v) is 2.77. The Morgan fingerprint density at radius 3 is 2.95 bits per heavy atom. The summed E-state index contributed by atoms with van der Waals surface area (Å²) in [5.74, 6) is 0.0493. The SMILES string of the molecule is Cn1ncnc1Cn1cc(CCCCC(=O)O)nn1. The lowest BCUT2D eigenvalue weighted by molar-refractivity contribution is -0.137. The van der Waals surface area contributed by atoms with Crippen LogP contribution in [0.2, 0.25) is 0 Å². The highest BCUT2D eigenvalue weighted by atomic mass is 16.4. The molecule has 0 aliphatic rings. The van der Waals surface area contributed by atoms with Crippen LogP contribution in [0.1, 0.15) is 30.8 Å². The molecule has 0 aliphatic carbocycles. The van der Waals surface area contributed by atoms with Gasteiger partial charge in [-0.2, -0.15) is 5.10 Å². The first-order valence-electron chi connectivity index (χ1n) is 6.09. The van der Waals surface area contributed by atoms with Gasteiger partial charge in [-0.3, -0.25) is 9.48 Å². The Morgan fingerprint density at radius 1 is 1.42 bits per heavy atom. The van der Waals surface area contributed by atoms with Crippen LogP contribution in [0.15, 0.2) is 12.5 Å². The molecule has 0 radical (unpaired) electrons. The Balaban J connectivity index is 1.82. The van der Waals surface area contributed by atoms with E-state index in [1.807, 2.05) is 13.2 Å². The molecule has 2 aromatic rings. The van der Waals surface area contributed by atoms with Crippen molar-refractivity contribution in [1.82, 2.24) is 29.8 Å². The number of unbranched alkanes of at least 4 members (excludes halogenated alkanes) is 1. The van der Waals surface area contributed by atoms with Gasteiger partial charge < -0.3 is 5.11 Å². The molecule has 2 heterocycles. The lowest BCUT2D eigenvalue weighted by Gasteiger charge is -1.98. The molecular formula is C11H16N6O2. The molecule has 0 spiro atoms. The topological polar surface area (TPSA) is 98.7 Å². The van der Waals surface area contributed by atoms with E-state index in [4.69, 9.17) is 5.11 Å². The summed E-state index contributed by atoms with van der Waals surface area (Å²) in [4.78, 5) is 14.5. The van der Waals surface area contributed by atoms with E-state index >= 15 is 0 Å². The van der Waals surface area contributed by atoms with Gasteiger partial charge in [0, 0.05) is 19.7 Å². The summed E-state index contributed by atoms with van der Waals surface area (Å²) < 4.78 is 3.39. The molecule has 0 aliphatic heterocycles. The predicted octanol–water partition coefficient (Wildman–Crippen LogP) is 0.252. The minimum Gasteiger partial charge on any atom is -0.481 e. The van der Waals surface area contributed by atoms with Crippen molar-refractivity contribution < 1.29 is 9.90 Å². The minimum absolute atomic E-state index is 0.201. The maximum atomic E-state index is 10.4. The number of hydrogen-bond acceptors (Lipinski definition) is 5. The van der Waals surface area contributed by atoms with Crippen LogP contribution in [0, 0.1) is 0 Å². The maximum absolute atomic E-state index is 10.4. The molecule has 102 valence electrons. The summed E-state index contributed by atoms with van der Waals surface area (Å²) in [5.41, 5.74) is 0.868. The zero-order chi connectivity index (χ0) is 13.7. The van der Waals surface area contributed by atoms with Crippen LogP contribution < -0.4 is 0 Å². The number of carboxylic acid groups (broad SMARTS) is 1. The van der Waals surface area contributed by atoms with E-state index in [-0.39, 0.29) is 6.42 Å². The molecule has 2 aromatic heterocycles. The fraction of sp³-hybridized carbons (Fsp3) is 0.545. The summed E-state index contributed by atoms with van der Waals surface area (Å²) in [5, 5.41) is 20.6. The van der Waals surface area contributed by atoms with Crippen molar-refractivity contribution in [2.24, 2.45) is 7.05 Å². The van der Waals surface area contributed by atoms with Crippen molar-refractivity contribution in [2.75, 3.05) is 0 Å². The number of hydrogen-bond donors (Lipinski definition) is 1. The van der Waals surface area contributed by atoms with Gasteiger partial charge in [0.1, 0.15) is 18.7 Å². The summed E-state index contributed by atoms with van der Waals surface area (Å²) >= 11 is 0. The zero-order valence-corrected chi connectivity index (χ0v) is 10.7. The first kappa shape index (κ1) is 13.2. The Labute approximate surface area is 110 Å². The van der Waals surface area contributed by atoms with Crippen LogP contribution >= 0.6 is 0 Å². The highest BCUT2D eigenvalue weighted by molar-refractivity contribution is 5.66. The van der Waals surface area contributed by atoms with Crippen molar-refractivity contribution in [1.29, 1.82) is 0 Å². The molecule has 19 heavy (non-hydrogen) atoms. The first-order valence-corrected chi connectivity index (χ1v) is 6.09. The van der Waals surface area contributed by atoms with Crippen LogP contribution in [0.5, 0.6) is 0 Å². The second-order valence-corrected chi connectivity index (χ2v) is 4.31. The average Bonchev–Trinajstić information content (AvgIpc) is 2.96. The molecule has 0 bridgehead atoms. The van der Waals surface area contributed by atoms with Gasteiger partial charge >= 0.3 is 5.97 Å². The lowest BCUT2D eigenvalue weighted by atomic mass is 10.1. The molecule has 2 rings (SSSR count). The van der Waals surface area contributed by atoms with Gasteiger partial charge in [0.2, 0.25) is 0 Å². The van der Waals surface area contributed by atoms with E-state index in [2.05, 4.69) is 20.4 Å². The Kier molecular flexibility index (Phi) is 4.22. The number of aryl methyl sites for hydroxylation is 2. The van der Waals surface area contributed by atoms with E-state index < -0.39 is 5.97 Å². The van der Waals surface area contributed by atoms with Crippen molar-refractivity contribution in [3.63, 3.8) is 0 Å². The van der Waals surface area contributed by atoms with E-state index in [1.54, 1.807) is 9.36 Å². The number of aliphatic carboxylic acids is 1. The monoisotopic (exact) mass is 264 g/mol. The van der Waals surface area contributed by atoms with Crippen molar-refractivity contribution in [2.45, 2.75) is 32.2 Å². The van der Waals surface area contributed by atoms with Gasteiger partial charge in [-0.25, -0.2) is 9.67 Å². The summed E-state index contributed by atoms with van der Waals surface area (Å²) in [6.07, 6.45) is 5.76. The molecule has 1 N–H and O–H groups in total. The molecule has 0 saturated carbocycles. The van der Waals surface area contributed by atoms with E-state index in [1.165, 1.54) is 6.33 Å². The van der Waals surface area contributed by atoms with Gasteiger partial charge in [-0.1, -0.05) is 5.21 Å². The number of rotatable bonds is 7. The second-order valence-electron chi connectivity index (χ2n) is 4.31. The smallest absolute Gasteiger partial charge is 0.303 e. The Bertz CT molecular complexity index is 547. The Morgan fingerprint density at radius 2 is 2.26 bits per heavy atom. The third kappa shape index (κ3) is 3.87. The molecule has 0 saturated heterocycles. The number of nitrogens with zero attached hydrogens (tertiary/aromatic N) is 6. The van der Waals surface area contributed by atoms with Gasteiger partial charge in [-0.05, 0) is 19.3 Å². The molecular weight excluding hydrogens is 248 g/mol. The Hall–Kier alpha value is -2.25. The second kappa shape index (κ2) is 6.07. The molecule has 0 unspecified atom stereocenters. The van der Waals surface area contributed by atoms with Crippen LogP contribution in [0.4, 0.5) is 0 Å². The van der Waals surface area contributed by atoms with Gasteiger partial charge in [0.25, 0.3) is 0 Å². The quantitative estimate of drug-likeness (QED) is 0.720. The van der Waals surface area contributed by atoms with Crippen molar-refractivity contribution in [3.8, 4) is 0 Å². The summed E-state index contributed by atoms with van der Waals surface area (Å²) in [6, 6.07) is 0. The average molecular weight is 264 g/mol. The molecule has 8 heteroatoms.